The van der Waals surface area contributed by atoms with E-state index in [-0.39, 0.29) is 0 Å². The summed E-state index contributed by atoms with van der Waals surface area (Å²) in [5, 5.41) is 32.9. The lowest BCUT2D eigenvalue weighted by atomic mass is 9.89. The Hall–Kier alpha value is -6.19. The van der Waals surface area contributed by atoms with Gasteiger partial charge in [0, 0.05) is 36.5 Å². The van der Waals surface area contributed by atoms with Crippen LogP contribution in [0, 0.1) is 34.0 Å². The van der Waals surface area contributed by atoms with Crippen LogP contribution >= 0.6 is 11.3 Å². The van der Waals surface area contributed by atoms with Crippen molar-refractivity contribution in [3.05, 3.63) is 132 Å². The normalized spacial score (nSPS) is 11.1. The summed E-state index contributed by atoms with van der Waals surface area (Å²) in [5.41, 5.74) is 9.24. The summed E-state index contributed by atoms with van der Waals surface area (Å²) in [6.07, 6.45) is 0. The Bertz CT molecular complexity index is 2600. The summed E-state index contributed by atoms with van der Waals surface area (Å²) in [6, 6.07) is 44.8. The van der Waals surface area contributed by atoms with Crippen molar-refractivity contribution < 1.29 is 4.42 Å². The van der Waals surface area contributed by atoms with E-state index in [1.165, 1.54) is 0 Å². The summed E-state index contributed by atoms with van der Waals surface area (Å²) in [7, 11) is 0. The van der Waals surface area contributed by atoms with Crippen LogP contribution in [0.1, 0.15) is 16.7 Å². The zero-order valence-corrected chi connectivity index (χ0v) is 23.9. The maximum Gasteiger partial charge on any atom is 0.136 e. The van der Waals surface area contributed by atoms with Gasteiger partial charge >= 0.3 is 0 Å². The lowest BCUT2D eigenvalue weighted by molar-refractivity contribution is 0.669. The molecule has 5 heteroatoms. The largest absolute Gasteiger partial charge is 0.456 e. The fraction of sp³-hybridized carbons (Fsp3) is 0. The summed E-state index contributed by atoms with van der Waals surface area (Å²) in [6.45, 7) is 0. The Morgan fingerprint density at radius 1 is 0.455 bits per heavy atom. The molecule has 2 aromatic heterocycles. The predicted molar refractivity (Wildman–Crippen MR) is 177 cm³/mol. The van der Waals surface area contributed by atoms with E-state index in [4.69, 9.17) is 4.42 Å². The van der Waals surface area contributed by atoms with Crippen molar-refractivity contribution in [3.8, 4) is 51.6 Å². The SMILES string of the molecule is N#Cc1ccc2oc3cc(-c4ccc(-c5ccc6c(c5)sc5ccc(C#N)cc56)cc4-c4ccccc4C#N)ccc3c2c1. The van der Waals surface area contributed by atoms with E-state index in [0.29, 0.717) is 16.7 Å². The number of fused-ring (bicyclic) bond motifs is 6. The maximum absolute atomic E-state index is 10.0. The van der Waals surface area contributed by atoms with Crippen molar-refractivity contribution in [2.45, 2.75) is 0 Å². The first-order valence-corrected chi connectivity index (χ1v) is 14.8. The highest BCUT2D eigenvalue weighted by Gasteiger charge is 2.16. The second-order valence-corrected chi connectivity index (χ2v) is 11.8. The third-order valence-corrected chi connectivity index (χ3v) is 9.34. The fourth-order valence-corrected chi connectivity index (χ4v) is 7.18. The van der Waals surface area contributed by atoms with Crippen LogP contribution in [0.3, 0.4) is 0 Å². The predicted octanol–water partition coefficient (Wildman–Crippen LogP) is 10.6. The van der Waals surface area contributed by atoms with Crippen LogP contribution in [-0.2, 0) is 0 Å². The topological polar surface area (TPSA) is 84.5 Å². The summed E-state index contributed by atoms with van der Waals surface area (Å²) in [5.74, 6) is 0. The summed E-state index contributed by atoms with van der Waals surface area (Å²) in [4.78, 5) is 0. The van der Waals surface area contributed by atoms with Crippen molar-refractivity contribution in [2.24, 2.45) is 0 Å². The van der Waals surface area contributed by atoms with E-state index >= 15 is 0 Å². The molecule has 202 valence electrons. The average molecular weight is 578 g/mol. The highest BCUT2D eigenvalue weighted by atomic mass is 32.1. The molecular weight excluding hydrogens is 559 g/mol. The number of hydrogen-bond donors (Lipinski definition) is 0. The first kappa shape index (κ1) is 25.5. The molecule has 0 aliphatic rings. The van der Waals surface area contributed by atoms with Gasteiger partial charge in [0.25, 0.3) is 0 Å². The summed E-state index contributed by atoms with van der Waals surface area (Å²) < 4.78 is 8.51. The second kappa shape index (κ2) is 9.97. The highest BCUT2D eigenvalue weighted by Crippen LogP contribution is 2.41. The van der Waals surface area contributed by atoms with Crippen molar-refractivity contribution in [2.75, 3.05) is 0 Å². The minimum atomic E-state index is 0.594. The molecule has 0 unspecified atom stereocenters. The molecule has 6 aromatic carbocycles. The van der Waals surface area contributed by atoms with Crippen LogP contribution in [0.2, 0.25) is 0 Å². The van der Waals surface area contributed by atoms with Crippen LogP contribution in [0.5, 0.6) is 0 Å². The molecule has 0 saturated carbocycles. The summed E-state index contributed by atoms with van der Waals surface area (Å²) >= 11 is 1.72. The fourth-order valence-electron chi connectivity index (χ4n) is 6.05. The van der Waals surface area contributed by atoms with Gasteiger partial charge < -0.3 is 4.42 Å². The van der Waals surface area contributed by atoms with Gasteiger partial charge in [-0.1, -0.05) is 48.5 Å². The van der Waals surface area contributed by atoms with Gasteiger partial charge in [0.05, 0.1) is 34.9 Å². The van der Waals surface area contributed by atoms with Gasteiger partial charge in [-0.25, -0.2) is 0 Å². The standard InChI is InChI=1S/C39H19N3OS/c40-20-23-5-13-36-34(15-23)31-11-9-27(18-37(31)43-36)30-10-7-25(17-33(30)29-4-2-1-3-28(29)22-42)26-8-12-32-35-16-24(21-41)6-14-38(35)44-39(32)19-26/h1-19H. The Labute approximate surface area is 256 Å². The van der Waals surface area contributed by atoms with Gasteiger partial charge in [0.1, 0.15) is 11.2 Å². The van der Waals surface area contributed by atoms with Crippen molar-refractivity contribution in [1.82, 2.24) is 0 Å². The molecule has 0 spiro atoms. The first-order chi connectivity index (χ1) is 21.6. The Kier molecular flexibility index (Phi) is 5.78. The molecule has 0 bridgehead atoms. The molecule has 0 fully saturated rings. The minimum absolute atomic E-state index is 0.594. The molecule has 0 radical (unpaired) electrons. The smallest absolute Gasteiger partial charge is 0.136 e. The number of nitrogens with zero attached hydrogens (tertiary/aromatic N) is 3. The van der Waals surface area contributed by atoms with Gasteiger partial charge in [0.2, 0.25) is 0 Å². The average Bonchev–Trinajstić information content (AvgIpc) is 3.64. The molecule has 4 nitrogen and oxygen atoms in total. The van der Waals surface area contributed by atoms with Crippen LogP contribution in [0.25, 0.3) is 75.5 Å². The van der Waals surface area contributed by atoms with Crippen LogP contribution in [0.4, 0.5) is 0 Å². The first-order valence-electron chi connectivity index (χ1n) is 14.0. The van der Waals surface area contributed by atoms with Gasteiger partial charge in [0.15, 0.2) is 0 Å². The highest BCUT2D eigenvalue weighted by molar-refractivity contribution is 7.25. The zero-order valence-electron chi connectivity index (χ0n) is 23.1. The third-order valence-electron chi connectivity index (χ3n) is 8.20. The Morgan fingerprint density at radius 2 is 1.18 bits per heavy atom. The lowest BCUT2D eigenvalue weighted by Gasteiger charge is -2.14. The molecule has 8 aromatic rings. The van der Waals surface area contributed by atoms with Gasteiger partial charge in [-0.05, 0) is 94.5 Å². The Morgan fingerprint density at radius 3 is 2.02 bits per heavy atom. The van der Waals surface area contributed by atoms with Crippen molar-refractivity contribution >= 4 is 53.4 Å². The molecule has 2 heterocycles. The van der Waals surface area contributed by atoms with Crippen molar-refractivity contribution in [3.63, 3.8) is 0 Å². The number of rotatable bonds is 3. The third kappa shape index (κ3) is 4.03. The maximum atomic E-state index is 10.0. The molecule has 0 N–H and O–H groups in total. The number of benzene rings is 6. The molecule has 0 aliphatic heterocycles. The number of furan rings is 1. The van der Waals surface area contributed by atoms with E-state index in [0.717, 1.165) is 75.5 Å². The second-order valence-electron chi connectivity index (χ2n) is 10.7. The van der Waals surface area contributed by atoms with Gasteiger partial charge in [-0.15, -0.1) is 11.3 Å². The van der Waals surface area contributed by atoms with Crippen molar-refractivity contribution in [1.29, 1.82) is 15.8 Å². The molecular formula is C39H19N3OS. The molecule has 44 heavy (non-hydrogen) atoms. The van der Waals surface area contributed by atoms with Crippen LogP contribution in [-0.4, -0.2) is 0 Å². The van der Waals surface area contributed by atoms with Crippen LogP contribution < -0.4 is 0 Å². The Balaban J connectivity index is 1.31. The number of hydrogen-bond acceptors (Lipinski definition) is 5. The molecule has 0 atom stereocenters. The van der Waals surface area contributed by atoms with E-state index < -0.39 is 0 Å². The number of thiophene rings is 1. The van der Waals surface area contributed by atoms with Gasteiger partial charge in [-0.3, -0.25) is 0 Å². The van der Waals surface area contributed by atoms with E-state index in [2.05, 4.69) is 60.7 Å². The van der Waals surface area contributed by atoms with E-state index in [1.54, 1.807) is 17.4 Å². The quantitative estimate of drug-likeness (QED) is 0.209. The molecule has 0 amide bonds. The number of nitriles is 3. The zero-order chi connectivity index (χ0) is 29.8. The van der Waals surface area contributed by atoms with E-state index in [9.17, 15) is 15.8 Å². The monoisotopic (exact) mass is 577 g/mol. The minimum Gasteiger partial charge on any atom is -0.456 e. The molecule has 0 saturated heterocycles. The van der Waals surface area contributed by atoms with Gasteiger partial charge in [-0.2, -0.15) is 15.8 Å². The van der Waals surface area contributed by atoms with Crippen LogP contribution in [0.15, 0.2) is 120 Å². The molecule has 0 aliphatic carbocycles. The lowest BCUT2D eigenvalue weighted by Crippen LogP contribution is -1.90. The van der Waals surface area contributed by atoms with E-state index in [1.807, 2.05) is 66.7 Å². The molecule has 8 rings (SSSR count).